The second kappa shape index (κ2) is 14.7. The zero-order valence-corrected chi connectivity index (χ0v) is 21.5. The van der Waals surface area contributed by atoms with E-state index in [9.17, 15) is 18.8 Å². The Labute approximate surface area is 225 Å². The highest BCUT2D eigenvalue weighted by molar-refractivity contribution is 6.39. The predicted octanol–water partition coefficient (Wildman–Crippen LogP) is 4.12. The van der Waals surface area contributed by atoms with Crippen LogP contribution in [0, 0.1) is 5.82 Å². The Morgan fingerprint density at radius 2 is 1.51 bits per heavy atom. The molecule has 0 bridgehead atoms. The van der Waals surface area contributed by atoms with Gasteiger partial charge in [0.15, 0.2) is 18.1 Å². The number of amides is 3. The summed E-state index contributed by atoms with van der Waals surface area (Å²) in [6.07, 6.45) is 2.21. The standard InChI is InChI=1S/C28H29FN4O6/c1-3-15-38-23-12-10-22(11-13-23)32-27(35)28(36)33-30-17-19-5-14-24(25(16-19)37-4-2)39-18-26(34)31-21-8-6-20(29)7-9-21/h5-14,16-17H,3-4,15,18H2,1-2H3,(H,31,34)(H,32,35)(H,33,36)/b30-17-. The molecule has 3 N–H and O–H groups in total. The highest BCUT2D eigenvalue weighted by Gasteiger charge is 2.13. The SMILES string of the molecule is CCCOc1ccc(NC(=O)C(=O)N/N=C\c2ccc(OCC(=O)Nc3ccc(F)cc3)c(OCC)c2)cc1. The van der Waals surface area contributed by atoms with Crippen molar-refractivity contribution in [2.45, 2.75) is 20.3 Å². The molecular formula is C28H29FN4O6. The van der Waals surface area contributed by atoms with Crippen molar-refractivity contribution in [3.05, 3.63) is 78.1 Å². The maximum absolute atomic E-state index is 13.0. The van der Waals surface area contributed by atoms with E-state index in [0.717, 1.165) is 6.42 Å². The van der Waals surface area contributed by atoms with Gasteiger partial charge in [-0.2, -0.15) is 5.10 Å². The summed E-state index contributed by atoms with van der Waals surface area (Å²) in [5.41, 5.74) is 3.59. The first kappa shape index (κ1) is 28.6. The zero-order valence-electron chi connectivity index (χ0n) is 21.5. The fourth-order valence-corrected chi connectivity index (χ4v) is 3.12. The average molecular weight is 537 g/mol. The monoisotopic (exact) mass is 536 g/mol. The summed E-state index contributed by atoms with van der Waals surface area (Å²) in [4.78, 5) is 36.4. The van der Waals surface area contributed by atoms with E-state index in [2.05, 4.69) is 21.2 Å². The van der Waals surface area contributed by atoms with Crippen LogP contribution >= 0.6 is 0 Å². The molecule has 0 heterocycles. The first-order chi connectivity index (χ1) is 18.9. The van der Waals surface area contributed by atoms with Gasteiger partial charge in [0.1, 0.15) is 11.6 Å². The highest BCUT2D eigenvalue weighted by Crippen LogP contribution is 2.28. The largest absolute Gasteiger partial charge is 0.494 e. The number of nitrogens with zero attached hydrogens (tertiary/aromatic N) is 1. The molecule has 0 saturated heterocycles. The predicted molar refractivity (Wildman–Crippen MR) is 145 cm³/mol. The van der Waals surface area contributed by atoms with Gasteiger partial charge in [-0.25, -0.2) is 9.82 Å². The Morgan fingerprint density at radius 3 is 2.21 bits per heavy atom. The molecule has 0 spiro atoms. The summed E-state index contributed by atoms with van der Waals surface area (Å²) in [6, 6.07) is 16.8. The minimum absolute atomic E-state index is 0.301. The number of halogens is 1. The number of hydrogen-bond donors (Lipinski definition) is 3. The van der Waals surface area contributed by atoms with E-state index in [4.69, 9.17) is 14.2 Å². The quantitative estimate of drug-likeness (QED) is 0.182. The van der Waals surface area contributed by atoms with Gasteiger partial charge in [0.25, 0.3) is 5.91 Å². The van der Waals surface area contributed by atoms with Crippen LogP contribution in [0.3, 0.4) is 0 Å². The van der Waals surface area contributed by atoms with Crippen LogP contribution in [-0.2, 0) is 14.4 Å². The molecule has 3 aromatic rings. The molecule has 0 atom stereocenters. The lowest BCUT2D eigenvalue weighted by Crippen LogP contribution is -2.32. The summed E-state index contributed by atoms with van der Waals surface area (Å²) in [5, 5.41) is 8.90. The van der Waals surface area contributed by atoms with E-state index in [-0.39, 0.29) is 6.61 Å². The van der Waals surface area contributed by atoms with Crippen LogP contribution in [0.25, 0.3) is 0 Å². The lowest BCUT2D eigenvalue weighted by Gasteiger charge is -2.12. The van der Waals surface area contributed by atoms with Gasteiger partial charge in [-0.05, 0) is 85.6 Å². The molecule has 0 aliphatic heterocycles. The average Bonchev–Trinajstić information content (AvgIpc) is 2.93. The van der Waals surface area contributed by atoms with Gasteiger partial charge >= 0.3 is 11.8 Å². The Hall–Kier alpha value is -4.93. The van der Waals surface area contributed by atoms with Crippen molar-refractivity contribution in [2.24, 2.45) is 5.10 Å². The third kappa shape index (κ3) is 9.47. The molecule has 39 heavy (non-hydrogen) atoms. The van der Waals surface area contributed by atoms with E-state index in [1.165, 1.54) is 30.5 Å². The van der Waals surface area contributed by atoms with Gasteiger partial charge in [-0.3, -0.25) is 14.4 Å². The van der Waals surface area contributed by atoms with Crippen molar-refractivity contribution in [2.75, 3.05) is 30.5 Å². The number of nitrogens with one attached hydrogen (secondary N) is 3. The Balaban J connectivity index is 1.51. The molecule has 0 aromatic heterocycles. The number of benzene rings is 3. The third-order valence-electron chi connectivity index (χ3n) is 4.93. The highest BCUT2D eigenvalue weighted by atomic mass is 19.1. The van der Waals surface area contributed by atoms with Crippen molar-refractivity contribution in [1.29, 1.82) is 0 Å². The second-order valence-electron chi connectivity index (χ2n) is 8.01. The van der Waals surface area contributed by atoms with Gasteiger partial charge in [0.2, 0.25) is 0 Å². The summed E-state index contributed by atoms with van der Waals surface area (Å²) < 4.78 is 29.7. The first-order valence-corrected chi connectivity index (χ1v) is 12.2. The van der Waals surface area contributed by atoms with Crippen LogP contribution in [-0.4, -0.2) is 43.8 Å². The number of anilines is 2. The van der Waals surface area contributed by atoms with Gasteiger partial charge in [-0.1, -0.05) is 6.92 Å². The Bertz CT molecular complexity index is 1300. The van der Waals surface area contributed by atoms with Crippen LogP contribution < -0.4 is 30.3 Å². The van der Waals surface area contributed by atoms with Crippen LogP contribution in [0.2, 0.25) is 0 Å². The molecule has 0 fully saturated rings. The van der Waals surface area contributed by atoms with E-state index in [0.29, 0.717) is 47.4 Å². The minimum Gasteiger partial charge on any atom is -0.494 e. The maximum atomic E-state index is 13.0. The number of rotatable bonds is 12. The number of ether oxygens (including phenoxy) is 3. The van der Waals surface area contributed by atoms with Crippen LogP contribution in [0.1, 0.15) is 25.8 Å². The minimum atomic E-state index is -0.949. The zero-order chi connectivity index (χ0) is 28.0. The van der Waals surface area contributed by atoms with Crippen molar-refractivity contribution < 1.29 is 33.0 Å². The van der Waals surface area contributed by atoms with Crippen molar-refractivity contribution in [3.8, 4) is 17.2 Å². The number of hydrogen-bond acceptors (Lipinski definition) is 7. The fraction of sp³-hybridized carbons (Fsp3) is 0.214. The van der Waals surface area contributed by atoms with Gasteiger partial charge in [-0.15, -0.1) is 0 Å². The first-order valence-electron chi connectivity index (χ1n) is 12.2. The number of hydrazone groups is 1. The molecule has 3 rings (SSSR count). The smallest absolute Gasteiger partial charge is 0.329 e. The van der Waals surface area contributed by atoms with E-state index >= 15 is 0 Å². The molecule has 0 aliphatic rings. The topological polar surface area (TPSA) is 127 Å². The summed E-state index contributed by atoms with van der Waals surface area (Å²) in [5.74, 6) is -1.33. The summed E-state index contributed by atoms with van der Waals surface area (Å²) >= 11 is 0. The molecule has 204 valence electrons. The molecule has 3 amide bonds. The van der Waals surface area contributed by atoms with Crippen LogP contribution in [0.5, 0.6) is 17.2 Å². The van der Waals surface area contributed by atoms with Crippen molar-refractivity contribution in [1.82, 2.24) is 5.43 Å². The third-order valence-corrected chi connectivity index (χ3v) is 4.93. The van der Waals surface area contributed by atoms with Gasteiger partial charge in [0, 0.05) is 11.4 Å². The molecule has 0 unspecified atom stereocenters. The second-order valence-corrected chi connectivity index (χ2v) is 8.01. The number of carbonyl (C=O) groups excluding carboxylic acids is 3. The Morgan fingerprint density at radius 1 is 0.821 bits per heavy atom. The van der Waals surface area contributed by atoms with Gasteiger partial charge < -0.3 is 24.8 Å². The van der Waals surface area contributed by atoms with E-state index < -0.39 is 23.5 Å². The Kier molecular flexibility index (Phi) is 10.8. The van der Waals surface area contributed by atoms with Crippen LogP contribution in [0.15, 0.2) is 71.8 Å². The molecule has 0 radical (unpaired) electrons. The maximum Gasteiger partial charge on any atom is 0.329 e. The van der Waals surface area contributed by atoms with Crippen molar-refractivity contribution >= 4 is 35.3 Å². The molecular weight excluding hydrogens is 507 g/mol. The summed E-state index contributed by atoms with van der Waals surface area (Å²) in [6.45, 7) is 4.41. The molecule has 0 saturated carbocycles. The van der Waals surface area contributed by atoms with E-state index in [1.807, 2.05) is 6.92 Å². The van der Waals surface area contributed by atoms with E-state index in [1.54, 1.807) is 49.4 Å². The van der Waals surface area contributed by atoms with Crippen LogP contribution in [0.4, 0.5) is 15.8 Å². The lowest BCUT2D eigenvalue weighted by molar-refractivity contribution is -0.136. The molecule has 3 aromatic carbocycles. The lowest BCUT2D eigenvalue weighted by atomic mass is 10.2. The van der Waals surface area contributed by atoms with Crippen molar-refractivity contribution in [3.63, 3.8) is 0 Å². The van der Waals surface area contributed by atoms with Gasteiger partial charge in [0.05, 0.1) is 19.4 Å². The molecule has 0 aliphatic carbocycles. The summed E-state index contributed by atoms with van der Waals surface area (Å²) in [7, 11) is 0. The normalized spacial score (nSPS) is 10.5. The number of carbonyl (C=O) groups is 3. The molecule has 10 nitrogen and oxygen atoms in total. The fourth-order valence-electron chi connectivity index (χ4n) is 3.12. The molecule has 11 heteroatoms.